The van der Waals surface area contributed by atoms with Crippen LogP contribution < -0.4 is 18.9 Å². The Morgan fingerprint density at radius 1 is 0.846 bits per heavy atom. The van der Waals surface area contributed by atoms with Crippen LogP contribution in [0.1, 0.15) is 6.92 Å². The van der Waals surface area contributed by atoms with Crippen LogP contribution >= 0.6 is 22.7 Å². The summed E-state index contributed by atoms with van der Waals surface area (Å²) in [4.78, 5) is 14.1. The molecule has 0 saturated heterocycles. The number of rotatable bonds is 6. The molecule has 2 aliphatic rings. The average Bonchev–Trinajstić information content (AvgIpc) is 3.67. The number of fused-ring (bicyclic) bond motifs is 5. The molecule has 0 aliphatic carbocycles. The normalized spacial score (nSPS) is 14.1. The predicted octanol–water partition coefficient (Wildman–Crippen LogP) is 6.91. The van der Waals surface area contributed by atoms with Gasteiger partial charge in [0.05, 0.1) is 16.3 Å². The Hall–Kier alpha value is -3.95. The van der Waals surface area contributed by atoms with Gasteiger partial charge in [-0.2, -0.15) is 0 Å². The number of ether oxygens (including phenoxy) is 5. The van der Waals surface area contributed by atoms with E-state index in [2.05, 4.69) is 47.5 Å². The molecule has 0 fully saturated rings. The zero-order valence-electron chi connectivity index (χ0n) is 21.3. The van der Waals surface area contributed by atoms with Crippen molar-refractivity contribution in [2.75, 3.05) is 33.0 Å². The molecular formula is C30H25NO6S2. The summed E-state index contributed by atoms with van der Waals surface area (Å²) in [5.41, 5.74) is 4.66. The SMILES string of the molecule is C=C(C)C(=O)OCCn1c2ccc(-c3scc4c3OCCO4)cc2c2cc(-c3scc4c3OCCO4)ccc21. The highest BCUT2D eigenvalue weighted by molar-refractivity contribution is 7.14. The summed E-state index contributed by atoms with van der Waals surface area (Å²) < 4.78 is 31.2. The van der Waals surface area contributed by atoms with Crippen LogP contribution in [-0.4, -0.2) is 43.6 Å². The van der Waals surface area contributed by atoms with E-state index in [1.54, 1.807) is 29.6 Å². The fraction of sp³-hybridized carbons (Fsp3) is 0.233. The Bertz CT molecular complexity index is 1650. The lowest BCUT2D eigenvalue weighted by atomic mass is 10.1. The Balaban J connectivity index is 1.36. The highest BCUT2D eigenvalue weighted by atomic mass is 32.1. The van der Waals surface area contributed by atoms with E-state index in [9.17, 15) is 4.79 Å². The summed E-state index contributed by atoms with van der Waals surface area (Å²) >= 11 is 3.25. The van der Waals surface area contributed by atoms with Crippen molar-refractivity contribution in [3.8, 4) is 43.9 Å². The molecule has 0 amide bonds. The molecule has 0 spiro atoms. The molecule has 5 aromatic rings. The second kappa shape index (κ2) is 9.66. The first kappa shape index (κ1) is 24.1. The molecule has 3 aromatic heterocycles. The van der Waals surface area contributed by atoms with Crippen molar-refractivity contribution in [1.29, 1.82) is 0 Å². The number of esters is 1. The maximum atomic E-state index is 12.0. The lowest BCUT2D eigenvalue weighted by Gasteiger charge is -2.16. The van der Waals surface area contributed by atoms with Crippen molar-refractivity contribution in [2.24, 2.45) is 0 Å². The molecule has 0 N–H and O–H groups in total. The summed E-state index contributed by atoms with van der Waals surface area (Å²) in [6.07, 6.45) is 0. The molecule has 39 heavy (non-hydrogen) atoms. The number of aromatic nitrogens is 1. The molecule has 9 heteroatoms. The molecule has 5 heterocycles. The minimum atomic E-state index is -0.380. The van der Waals surface area contributed by atoms with Gasteiger partial charge in [-0.15, -0.1) is 22.7 Å². The first-order valence-corrected chi connectivity index (χ1v) is 14.5. The molecule has 2 aliphatic heterocycles. The Labute approximate surface area is 232 Å². The zero-order valence-corrected chi connectivity index (χ0v) is 22.9. The van der Waals surface area contributed by atoms with E-state index in [1.807, 2.05) is 10.8 Å². The molecule has 2 aromatic carbocycles. The van der Waals surface area contributed by atoms with E-state index in [-0.39, 0.29) is 12.6 Å². The number of benzene rings is 2. The second-order valence-electron chi connectivity index (χ2n) is 9.44. The molecular weight excluding hydrogens is 534 g/mol. The van der Waals surface area contributed by atoms with Crippen LogP contribution in [0.25, 0.3) is 42.7 Å². The second-order valence-corrected chi connectivity index (χ2v) is 11.2. The molecule has 0 unspecified atom stereocenters. The van der Waals surface area contributed by atoms with Gasteiger partial charge in [-0.05, 0) is 42.3 Å². The van der Waals surface area contributed by atoms with Crippen molar-refractivity contribution in [1.82, 2.24) is 4.57 Å². The molecule has 7 rings (SSSR count). The average molecular weight is 560 g/mol. The van der Waals surface area contributed by atoms with E-state index in [4.69, 9.17) is 23.7 Å². The first-order chi connectivity index (χ1) is 19.1. The fourth-order valence-electron chi connectivity index (χ4n) is 5.10. The largest absolute Gasteiger partial charge is 0.485 e. The highest BCUT2D eigenvalue weighted by Crippen LogP contribution is 2.48. The Kier molecular flexibility index (Phi) is 5.97. The molecule has 0 atom stereocenters. The van der Waals surface area contributed by atoms with Gasteiger partial charge < -0.3 is 28.3 Å². The van der Waals surface area contributed by atoms with Gasteiger partial charge in [0.1, 0.15) is 33.0 Å². The van der Waals surface area contributed by atoms with E-state index >= 15 is 0 Å². The van der Waals surface area contributed by atoms with Crippen LogP contribution in [-0.2, 0) is 16.1 Å². The third-order valence-corrected chi connectivity index (χ3v) is 8.87. The summed E-state index contributed by atoms with van der Waals surface area (Å²) in [6, 6.07) is 12.9. The molecule has 0 bridgehead atoms. The molecule has 0 radical (unpaired) electrons. The summed E-state index contributed by atoms with van der Waals surface area (Å²) in [5.74, 6) is 2.84. The lowest BCUT2D eigenvalue weighted by molar-refractivity contribution is -0.139. The Morgan fingerprint density at radius 3 is 1.87 bits per heavy atom. The van der Waals surface area contributed by atoms with E-state index in [0.717, 1.165) is 65.7 Å². The number of hydrogen-bond donors (Lipinski definition) is 0. The van der Waals surface area contributed by atoms with Gasteiger partial charge in [0.2, 0.25) is 0 Å². The van der Waals surface area contributed by atoms with E-state index in [1.165, 1.54) is 0 Å². The van der Waals surface area contributed by atoms with Crippen LogP contribution in [0.2, 0.25) is 0 Å². The smallest absolute Gasteiger partial charge is 0.333 e. The lowest BCUT2D eigenvalue weighted by Crippen LogP contribution is -2.14. The zero-order chi connectivity index (χ0) is 26.5. The fourth-order valence-corrected chi connectivity index (χ4v) is 6.96. The van der Waals surface area contributed by atoms with E-state index in [0.29, 0.717) is 38.5 Å². The van der Waals surface area contributed by atoms with Crippen LogP contribution in [0.4, 0.5) is 0 Å². The minimum Gasteiger partial charge on any atom is -0.485 e. The third kappa shape index (κ3) is 4.13. The number of thiophene rings is 2. The number of carbonyl (C=O) groups excluding carboxylic acids is 1. The van der Waals surface area contributed by atoms with Crippen LogP contribution in [0.15, 0.2) is 59.3 Å². The molecule has 198 valence electrons. The van der Waals surface area contributed by atoms with Crippen LogP contribution in [0.5, 0.6) is 23.0 Å². The Morgan fingerprint density at radius 2 is 1.36 bits per heavy atom. The maximum Gasteiger partial charge on any atom is 0.333 e. The van der Waals surface area contributed by atoms with Gasteiger partial charge >= 0.3 is 5.97 Å². The molecule has 7 nitrogen and oxygen atoms in total. The molecule has 0 saturated carbocycles. The van der Waals surface area contributed by atoms with Gasteiger partial charge in [0, 0.05) is 38.1 Å². The highest BCUT2D eigenvalue weighted by Gasteiger charge is 2.23. The van der Waals surface area contributed by atoms with Crippen LogP contribution in [0.3, 0.4) is 0 Å². The van der Waals surface area contributed by atoms with Gasteiger partial charge in [-0.25, -0.2) is 4.79 Å². The van der Waals surface area contributed by atoms with Gasteiger partial charge in [-0.1, -0.05) is 18.7 Å². The minimum absolute atomic E-state index is 0.251. The predicted molar refractivity (Wildman–Crippen MR) is 154 cm³/mol. The van der Waals surface area contributed by atoms with Crippen molar-refractivity contribution >= 4 is 50.4 Å². The van der Waals surface area contributed by atoms with Gasteiger partial charge in [0.15, 0.2) is 23.0 Å². The summed E-state index contributed by atoms with van der Waals surface area (Å²) in [5, 5.41) is 6.23. The summed E-state index contributed by atoms with van der Waals surface area (Å²) in [7, 11) is 0. The van der Waals surface area contributed by atoms with Crippen molar-refractivity contribution in [2.45, 2.75) is 13.5 Å². The number of nitrogens with zero attached hydrogens (tertiary/aromatic N) is 1. The summed E-state index contributed by atoms with van der Waals surface area (Å²) in [6.45, 7) is 8.33. The quantitative estimate of drug-likeness (QED) is 0.166. The van der Waals surface area contributed by atoms with Crippen molar-refractivity contribution in [3.63, 3.8) is 0 Å². The van der Waals surface area contributed by atoms with Crippen molar-refractivity contribution in [3.05, 3.63) is 59.3 Å². The van der Waals surface area contributed by atoms with E-state index < -0.39 is 0 Å². The third-order valence-electron chi connectivity index (χ3n) is 6.89. The standard InChI is InChI=1S/C30H25NO6S2/c1-17(2)30(32)37-8-7-31-22-5-3-18(28-26-24(15-38-28)33-9-11-35-26)13-20(22)21-14-19(4-6-23(21)31)29-27-25(16-39-29)34-10-12-36-27/h3-6,13-16H,1,7-12H2,2H3. The van der Waals surface area contributed by atoms with Crippen molar-refractivity contribution < 1.29 is 28.5 Å². The van der Waals surface area contributed by atoms with Crippen LogP contribution in [0, 0.1) is 0 Å². The number of carbonyl (C=O) groups is 1. The number of hydrogen-bond acceptors (Lipinski definition) is 8. The topological polar surface area (TPSA) is 68.2 Å². The monoisotopic (exact) mass is 559 g/mol. The van der Waals surface area contributed by atoms with Gasteiger partial charge in [-0.3, -0.25) is 0 Å². The maximum absolute atomic E-state index is 12.0. The first-order valence-electron chi connectivity index (χ1n) is 12.7. The van der Waals surface area contributed by atoms with Gasteiger partial charge in [0.25, 0.3) is 0 Å².